The Kier molecular flexibility index (Phi) is 7.92. The summed E-state index contributed by atoms with van der Waals surface area (Å²) in [5, 5.41) is 9.97. The number of aromatic nitrogens is 4. The van der Waals surface area contributed by atoms with E-state index in [1.54, 1.807) is 0 Å². The van der Waals surface area contributed by atoms with Crippen LogP contribution in [0.1, 0.15) is 25.0 Å². The molecule has 2 aromatic heterocycles. The zero-order valence-corrected chi connectivity index (χ0v) is 35.4. The fourth-order valence-corrected chi connectivity index (χ4v) is 10.5. The summed E-state index contributed by atoms with van der Waals surface area (Å²) in [7, 11) is 0. The minimum atomic E-state index is -0.166. The molecule has 4 nitrogen and oxygen atoms in total. The number of para-hydroxylation sites is 1. The van der Waals surface area contributed by atoms with Crippen LogP contribution in [0.3, 0.4) is 0 Å². The number of hydrogen-bond acceptors (Lipinski definition) is 3. The van der Waals surface area contributed by atoms with E-state index in [4.69, 9.17) is 15.0 Å². The van der Waals surface area contributed by atoms with Crippen LogP contribution in [0.5, 0.6) is 0 Å². The lowest BCUT2D eigenvalue weighted by molar-refractivity contribution is 0.661. The standard InChI is InChI=1S/C60H40N4/c1-60(2)52-27-15-13-25-47(52)50-35-51-48-26-14-16-28-54(48)64(56(51)36-53(50)60)55-34-40(59-62-57(37-17-5-3-6-18-37)61-58(63-59)38-19-7-4-8-20-38)30-31-41(55)39-29-32-46-44-23-10-9-21-42(44)43-22-11-12-24-45(43)49(46)33-39/h3-36H,1-2H3. The van der Waals surface area contributed by atoms with E-state index in [2.05, 4.69) is 188 Å². The average molecular weight is 817 g/mol. The van der Waals surface area contributed by atoms with Crippen molar-refractivity contribution in [2.45, 2.75) is 19.3 Å². The van der Waals surface area contributed by atoms with E-state index >= 15 is 0 Å². The van der Waals surface area contributed by atoms with Gasteiger partial charge in [0.1, 0.15) is 0 Å². The summed E-state index contributed by atoms with van der Waals surface area (Å²) >= 11 is 0. The first-order valence-electron chi connectivity index (χ1n) is 22.0. The Morgan fingerprint density at radius 3 is 1.48 bits per heavy atom. The quantitative estimate of drug-likeness (QED) is 0.163. The molecule has 0 aliphatic heterocycles. The van der Waals surface area contributed by atoms with Gasteiger partial charge in [0.2, 0.25) is 0 Å². The first-order valence-corrected chi connectivity index (χ1v) is 22.0. The summed E-state index contributed by atoms with van der Waals surface area (Å²) < 4.78 is 2.49. The van der Waals surface area contributed by atoms with Crippen molar-refractivity contribution in [3.63, 3.8) is 0 Å². The van der Waals surface area contributed by atoms with Crippen molar-refractivity contribution in [1.29, 1.82) is 0 Å². The molecule has 0 spiro atoms. The molecule has 1 aliphatic rings. The summed E-state index contributed by atoms with van der Waals surface area (Å²) in [6.07, 6.45) is 0. The highest BCUT2D eigenvalue weighted by Crippen LogP contribution is 2.51. The molecule has 0 radical (unpaired) electrons. The average Bonchev–Trinajstić information content (AvgIpc) is 3.80. The van der Waals surface area contributed by atoms with Gasteiger partial charge in [0, 0.05) is 38.4 Å². The van der Waals surface area contributed by atoms with Crippen LogP contribution in [0.15, 0.2) is 206 Å². The molecule has 0 saturated heterocycles. The van der Waals surface area contributed by atoms with Crippen molar-refractivity contribution in [2.24, 2.45) is 0 Å². The molecule has 64 heavy (non-hydrogen) atoms. The third-order valence-electron chi connectivity index (χ3n) is 13.6. The van der Waals surface area contributed by atoms with Crippen LogP contribution in [0.25, 0.3) is 116 Å². The number of nitrogens with zero attached hydrogens (tertiary/aromatic N) is 4. The highest BCUT2D eigenvalue weighted by molar-refractivity contribution is 6.26. The van der Waals surface area contributed by atoms with Gasteiger partial charge < -0.3 is 4.57 Å². The van der Waals surface area contributed by atoms with Crippen molar-refractivity contribution < 1.29 is 0 Å². The summed E-state index contributed by atoms with van der Waals surface area (Å²) in [5.41, 5.74) is 13.6. The van der Waals surface area contributed by atoms with Gasteiger partial charge in [0.15, 0.2) is 17.5 Å². The number of benzene rings is 10. The molecule has 1 aliphatic carbocycles. The first kappa shape index (κ1) is 36.4. The first-order chi connectivity index (χ1) is 31.5. The minimum Gasteiger partial charge on any atom is -0.309 e. The molecule has 0 N–H and O–H groups in total. The van der Waals surface area contributed by atoms with Crippen LogP contribution in [0.2, 0.25) is 0 Å². The van der Waals surface area contributed by atoms with Gasteiger partial charge in [-0.25, -0.2) is 15.0 Å². The van der Waals surface area contributed by atoms with Crippen LogP contribution in [0, 0.1) is 0 Å². The number of hydrogen-bond donors (Lipinski definition) is 0. The van der Waals surface area contributed by atoms with E-state index in [9.17, 15) is 0 Å². The van der Waals surface area contributed by atoms with Crippen molar-refractivity contribution in [3.8, 4) is 62.1 Å². The zero-order chi connectivity index (χ0) is 42.5. The van der Waals surface area contributed by atoms with Crippen LogP contribution in [0.4, 0.5) is 0 Å². The van der Waals surface area contributed by atoms with E-state index in [1.807, 2.05) is 36.4 Å². The van der Waals surface area contributed by atoms with Crippen LogP contribution >= 0.6 is 0 Å². The van der Waals surface area contributed by atoms with Gasteiger partial charge in [-0.2, -0.15) is 0 Å². The zero-order valence-electron chi connectivity index (χ0n) is 35.4. The molecule has 0 unspecified atom stereocenters. The number of fused-ring (bicyclic) bond motifs is 12. The maximum absolute atomic E-state index is 5.21. The van der Waals surface area contributed by atoms with Gasteiger partial charge in [0.05, 0.1) is 16.7 Å². The summed E-state index contributed by atoms with van der Waals surface area (Å²) in [4.78, 5) is 15.5. The second kappa shape index (κ2) is 13.9. The normalized spacial score (nSPS) is 13.0. The van der Waals surface area contributed by atoms with Crippen molar-refractivity contribution in [2.75, 3.05) is 0 Å². The van der Waals surface area contributed by atoms with E-state index in [-0.39, 0.29) is 5.41 Å². The monoisotopic (exact) mass is 816 g/mol. The Labute approximate surface area is 370 Å². The Bertz CT molecular complexity index is 3770. The third kappa shape index (κ3) is 5.45. The van der Waals surface area contributed by atoms with Gasteiger partial charge in [-0.3, -0.25) is 0 Å². The van der Waals surface area contributed by atoms with Gasteiger partial charge in [-0.15, -0.1) is 0 Å². The van der Waals surface area contributed by atoms with Gasteiger partial charge >= 0.3 is 0 Å². The van der Waals surface area contributed by atoms with Crippen LogP contribution < -0.4 is 0 Å². The highest BCUT2D eigenvalue weighted by Gasteiger charge is 2.36. The fraction of sp³-hybridized carbons (Fsp3) is 0.0500. The maximum Gasteiger partial charge on any atom is 0.164 e. The van der Waals surface area contributed by atoms with E-state index in [0.717, 1.165) is 39.0 Å². The molecular weight excluding hydrogens is 777 g/mol. The molecule has 4 heteroatoms. The Balaban J connectivity index is 1.12. The predicted octanol–water partition coefficient (Wildman–Crippen LogP) is 15.4. The van der Waals surface area contributed by atoms with Crippen LogP contribution in [-0.2, 0) is 5.41 Å². The molecule has 0 fully saturated rings. The molecule has 300 valence electrons. The minimum absolute atomic E-state index is 0.166. The summed E-state index contributed by atoms with van der Waals surface area (Å²) in [6.45, 7) is 4.72. The predicted molar refractivity (Wildman–Crippen MR) is 266 cm³/mol. The summed E-state index contributed by atoms with van der Waals surface area (Å²) in [5.74, 6) is 1.89. The summed E-state index contributed by atoms with van der Waals surface area (Å²) in [6, 6.07) is 74.5. The molecule has 13 rings (SSSR count). The maximum atomic E-state index is 5.21. The molecular formula is C60H40N4. The lowest BCUT2D eigenvalue weighted by Crippen LogP contribution is -2.15. The molecule has 0 atom stereocenters. The van der Waals surface area contributed by atoms with Gasteiger partial charge in [-0.05, 0) is 90.5 Å². The second-order valence-corrected chi connectivity index (χ2v) is 17.6. The molecule has 12 aromatic rings. The third-order valence-corrected chi connectivity index (χ3v) is 13.6. The van der Waals surface area contributed by atoms with Gasteiger partial charge in [0.25, 0.3) is 0 Å². The van der Waals surface area contributed by atoms with E-state index in [1.165, 1.54) is 70.9 Å². The Morgan fingerprint density at radius 2 is 0.828 bits per heavy atom. The Morgan fingerprint density at radius 1 is 0.312 bits per heavy atom. The van der Waals surface area contributed by atoms with E-state index in [0.29, 0.717) is 17.5 Å². The molecule has 2 heterocycles. The largest absolute Gasteiger partial charge is 0.309 e. The molecule has 10 aromatic carbocycles. The lowest BCUT2D eigenvalue weighted by Gasteiger charge is -2.22. The van der Waals surface area contributed by atoms with Crippen molar-refractivity contribution in [1.82, 2.24) is 19.5 Å². The fourth-order valence-electron chi connectivity index (χ4n) is 10.5. The second-order valence-electron chi connectivity index (χ2n) is 17.6. The molecule has 0 bridgehead atoms. The van der Waals surface area contributed by atoms with Gasteiger partial charge in [-0.1, -0.05) is 190 Å². The lowest BCUT2D eigenvalue weighted by atomic mass is 9.82. The smallest absolute Gasteiger partial charge is 0.164 e. The molecule has 0 amide bonds. The SMILES string of the molecule is CC1(C)c2ccccc2-c2cc3c4ccccc4n(-c4cc(-c5nc(-c6ccccc6)nc(-c6ccccc6)n5)ccc4-c4ccc5c6ccccc6c6ccccc6c5c4)c3cc21. The van der Waals surface area contributed by atoms with Crippen molar-refractivity contribution in [3.05, 3.63) is 217 Å². The molecule has 0 saturated carbocycles. The Hall–Kier alpha value is -8.21. The van der Waals surface area contributed by atoms with Crippen molar-refractivity contribution >= 4 is 54.1 Å². The number of rotatable bonds is 5. The highest BCUT2D eigenvalue weighted by atomic mass is 15.0. The topological polar surface area (TPSA) is 43.6 Å². The van der Waals surface area contributed by atoms with E-state index < -0.39 is 0 Å². The van der Waals surface area contributed by atoms with Crippen LogP contribution in [-0.4, -0.2) is 19.5 Å².